The molecule has 1 aromatic carbocycles. The van der Waals surface area contributed by atoms with Crippen molar-refractivity contribution >= 4 is 33.9 Å². The normalized spacial score (nSPS) is 12.6. The molecule has 0 spiro atoms. The molecule has 5 heteroatoms. The van der Waals surface area contributed by atoms with Crippen LogP contribution >= 0.6 is 33.9 Å². The Morgan fingerprint density at radius 2 is 2.10 bits per heavy atom. The van der Waals surface area contributed by atoms with E-state index in [1.54, 1.807) is 11.3 Å². The minimum absolute atomic E-state index is 0.0195. The number of benzene rings is 1. The SMILES string of the molecule is CCCNC(Cc1cc(F)ccc1F)c1csc(I)c1. The largest absolute Gasteiger partial charge is 0.310 e. The van der Waals surface area contributed by atoms with Crippen LogP contribution < -0.4 is 5.32 Å². The number of rotatable bonds is 6. The van der Waals surface area contributed by atoms with Gasteiger partial charge >= 0.3 is 0 Å². The van der Waals surface area contributed by atoms with Crippen LogP contribution in [0.25, 0.3) is 0 Å². The molecule has 1 nitrogen and oxygen atoms in total. The standard InChI is InChI=1S/C15H16F2INS/c1-2-5-19-14(11-8-15(18)20-9-11)7-10-6-12(16)3-4-13(10)17/h3-4,6,8-9,14,19H,2,5,7H2,1H3. The van der Waals surface area contributed by atoms with Gasteiger partial charge in [-0.25, -0.2) is 8.78 Å². The van der Waals surface area contributed by atoms with Crippen molar-refractivity contribution in [3.8, 4) is 0 Å². The summed E-state index contributed by atoms with van der Waals surface area (Å²) in [5, 5.41) is 5.48. The first-order valence-electron chi connectivity index (χ1n) is 6.51. The van der Waals surface area contributed by atoms with Gasteiger partial charge in [-0.15, -0.1) is 11.3 Å². The summed E-state index contributed by atoms with van der Waals surface area (Å²) >= 11 is 3.93. The third-order valence-electron chi connectivity index (χ3n) is 3.06. The summed E-state index contributed by atoms with van der Waals surface area (Å²) < 4.78 is 28.2. The smallest absolute Gasteiger partial charge is 0.126 e. The first-order valence-corrected chi connectivity index (χ1v) is 8.47. The Kier molecular flexibility index (Phi) is 5.92. The first-order chi connectivity index (χ1) is 9.60. The van der Waals surface area contributed by atoms with Gasteiger partial charge < -0.3 is 5.32 Å². The van der Waals surface area contributed by atoms with E-state index in [9.17, 15) is 8.78 Å². The monoisotopic (exact) mass is 407 g/mol. The second-order valence-corrected chi connectivity index (χ2v) is 7.44. The Labute approximate surface area is 135 Å². The molecule has 108 valence electrons. The fraction of sp³-hybridized carbons (Fsp3) is 0.333. The Balaban J connectivity index is 2.21. The zero-order valence-corrected chi connectivity index (χ0v) is 14.1. The van der Waals surface area contributed by atoms with Crippen LogP contribution in [0.3, 0.4) is 0 Å². The summed E-state index contributed by atoms with van der Waals surface area (Å²) in [6.45, 7) is 2.94. The van der Waals surface area contributed by atoms with Crippen molar-refractivity contribution < 1.29 is 8.78 Å². The minimum atomic E-state index is -0.393. The van der Waals surface area contributed by atoms with Crippen LogP contribution in [0.1, 0.15) is 30.5 Å². The quantitative estimate of drug-likeness (QED) is 0.671. The van der Waals surface area contributed by atoms with Gasteiger partial charge in [-0.2, -0.15) is 0 Å². The van der Waals surface area contributed by atoms with E-state index in [-0.39, 0.29) is 11.9 Å². The van der Waals surface area contributed by atoms with Crippen LogP contribution in [0.15, 0.2) is 29.6 Å². The lowest BCUT2D eigenvalue weighted by molar-refractivity contribution is 0.509. The molecule has 0 fully saturated rings. The van der Waals surface area contributed by atoms with Crippen LogP contribution in [0.4, 0.5) is 8.78 Å². The van der Waals surface area contributed by atoms with Crippen LogP contribution in [0, 0.1) is 14.5 Å². The summed E-state index contributed by atoms with van der Waals surface area (Å²) in [5.74, 6) is -0.741. The third kappa shape index (κ3) is 4.23. The molecule has 0 amide bonds. The van der Waals surface area contributed by atoms with Crippen molar-refractivity contribution in [2.45, 2.75) is 25.8 Å². The Bertz CT molecular complexity index is 571. The number of hydrogen-bond donors (Lipinski definition) is 1. The molecule has 0 radical (unpaired) electrons. The summed E-state index contributed by atoms with van der Waals surface area (Å²) in [5.41, 5.74) is 1.55. The van der Waals surface area contributed by atoms with Crippen molar-refractivity contribution in [2.24, 2.45) is 0 Å². The van der Waals surface area contributed by atoms with Gasteiger partial charge in [0, 0.05) is 6.04 Å². The molecule has 0 aliphatic carbocycles. The molecule has 0 saturated carbocycles. The second-order valence-electron chi connectivity index (χ2n) is 4.63. The van der Waals surface area contributed by atoms with E-state index in [2.05, 4.69) is 46.3 Å². The molecule has 1 aromatic heterocycles. The van der Waals surface area contributed by atoms with E-state index in [0.717, 1.165) is 24.6 Å². The molecule has 0 aliphatic rings. The highest BCUT2D eigenvalue weighted by molar-refractivity contribution is 14.1. The lowest BCUT2D eigenvalue weighted by Gasteiger charge is -2.18. The molecule has 2 aromatic rings. The van der Waals surface area contributed by atoms with Crippen LogP contribution in [0.5, 0.6) is 0 Å². The Morgan fingerprint density at radius 3 is 2.75 bits per heavy atom. The highest BCUT2D eigenvalue weighted by atomic mass is 127. The van der Waals surface area contributed by atoms with E-state index in [4.69, 9.17) is 0 Å². The fourth-order valence-electron chi connectivity index (χ4n) is 2.05. The second kappa shape index (κ2) is 7.47. The van der Waals surface area contributed by atoms with E-state index in [0.29, 0.717) is 12.0 Å². The molecule has 20 heavy (non-hydrogen) atoms. The van der Waals surface area contributed by atoms with Crippen molar-refractivity contribution in [2.75, 3.05) is 6.54 Å². The van der Waals surface area contributed by atoms with Crippen LogP contribution in [-0.4, -0.2) is 6.54 Å². The summed E-state index contributed by atoms with van der Waals surface area (Å²) in [6.07, 6.45) is 1.46. The van der Waals surface area contributed by atoms with Crippen LogP contribution in [-0.2, 0) is 6.42 Å². The van der Waals surface area contributed by atoms with Crippen LogP contribution in [0.2, 0.25) is 0 Å². The van der Waals surface area contributed by atoms with Crippen molar-refractivity contribution in [3.63, 3.8) is 0 Å². The maximum atomic E-state index is 13.8. The fourth-order valence-corrected chi connectivity index (χ4v) is 3.48. The van der Waals surface area contributed by atoms with Gasteiger partial charge in [0.2, 0.25) is 0 Å². The number of hydrogen-bond acceptors (Lipinski definition) is 2. The topological polar surface area (TPSA) is 12.0 Å². The van der Waals surface area contributed by atoms with E-state index in [1.165, 1.54) is 15.0 Å². The lowest BCUT2D eigenvalue weighted by Crippen LogP contribution is -2.24. The van der Waals surface area contributed by atoms with Gasteiger partial charge in [0.1, 0.15) is 11.6 Å². The molecule has 1 atom stereocenters. The van der Waals surface area contributed by atoms with E-state index < -0.39 is 5.82 Å². The highest BCUT2D eigenvalue weighted by Gasteiger charge is 2.16. The Hall–Kier alpha value is -0.530. The van der Waals surface area contributed by atoms with Gasteiger partial charge in [-0.3, -0.25) is 0 Å². The van der Waals surface area contributed by atoms with Gasteiger partial charge in [0.25, 0.3) is 0 Å². The summed E-state index contributed by atoms with van der Waals surface area (Å²) in [7, 11) is 0. The van der Waals surface area contributed by atoms with Crippen molar-refractivity contribution in [1.82, 2.24) is 5.32 Å². The molecule has 1 unspecified atom stereocenters. The third-order valence-corrected chi connectivity index (χ3v) is 4.87. The number of halogens is 3. The van der Waals surface area contributed by atoms with E-state index >= 15 is 0 Å². The first kappa shape index (κ1) is 15.9. The van der Waals surface area contributed by atoms with Gasteiger partial charge in [-0.1, -0.05) is 6.92 Å². The maximum absolute atomic E-state index is 13.8. The number of thiophene rings is 1. The van der Waals surface area contributed by atoms with Gasteiger partial charge in [0.15, 0.2) is 0 Å². The highest BCUT2D eigenvalue weighted by Crippen LogP contribution is 2.26. The lowest BCUT2D eigenvalue weighted by atomic mass is 10.0. The van der Waals surface area contributed by atoms with Crippen molar-refractivity contribution in [1.29, 1.82) is 0 Å². The number of nitrogens with one attached hydrogen (secondary N) is 1. The molecular weight excluding hydrogens is 391 g/mol. The predicted molar refractivity (Wildman–Crippen MR) is 88.1 cm³/mol. The average Bonchev–Trinajstić information content (AvgIpc) is 2.85. The zero-order chi connectivity index (χ0) is 14.5. The molecular formula is C15H16F2INS. The summed E-state index contributed by atoms with van der Waals surface area (Å²) in [6, 6.07) is 5.74. The zero-order valence-electron chi connectivity index (χ0n) is 11.1. The molecule has 0 bridgehead atoms. The molecule has 1 N–H and O–H groups in total. The minimum Gasteiger partial charge on any atom is -0.310 e. The molecule has 2 rings (SSSR count). The van der Waals surface area contributed by atoms with E-state index in [1.807, 2.05) is 0 Å². The average molecular weight is 407 g/mol. The molecule has 0 aliphatic heterocycles. The van der Waals surface area contributed by atoms with Gasteiger partial charge in [0.05, 0.1) is 2.88 Å². The molecule has 0 saturated heterocycles. The van der Waals surface area contributed by atoms with Gasteiger partial charge in [-0.05, 0) is 82.7 Å². The van der Waals surface area contributed by atoms with Crippen molar-refractivity contribution in [3.05, 3.63) is 55.3 Å². The summed E-state index contributed by atoms with van der Waals surface area (Å²) in [4.78, 5) is 0. The predicted octanol–water partition coefficient (Wildman–Crippen LogP) is 4.91. The molecule has 1 heterocycles. The maximum Gasteiger partial charge on any atom is 0.126 e. The Morgan fingerprint density at radius 1 is 1.30 bits per heavy atom.